The number of fused-ring (bicyclic) bond motifs is 1. The van der Waals surface area contributed by atoms with Crippen LogP contribution < -0.4 is 4.74 Å². The van der Waals surface area contributed by atoms with Gasteiger partial charge in [-0.2, -0.15) is 8.42 Å². The largest absolute Gasteiger partial charge is 0.480 e. The monoisotopic (exact) mass is 446 g/mol. The highest BCUT2D eigenvalue weighted by Crippen LogP contribution is 2.33. The molecule has 3 rings (SSSR count). The molecule has 0 spiro atoms. The highest BCUT2D eigenvalue weighted by Gasteiger charge is 2.21. The van der Waals surface area contributed by atoms with E-state index < -0.39 is 10.1 Å². The zero-order valence-corrected chi connectivity index (χ0v) is 19.9. The fraction of sp³-hybridized carbons (Fsp3) is 0.500. The molecule has 0 fully saturated rings. The number of nitrogens with zero attached hydrogens (tertiary/aromatic N) is 4. The minimum absolute atomic E-state index is 0.0510. The molecule has 0 saturated carbocycles. The summed E-state index contributed by atoms with van der Waals surface area (Å²) in [6.45, 7) is 10.1. The molecule has 0 aliphatic carbocycles. The van der Waals surface area contributed by atoms with Gasteiger partial charge in [-0.05, 0) is 43.9 Å². The molecule has 3 heterocycles. The van der Waals surface area contributed by atoms with Crippen molar-refractivity contribution in [3.8, 4) is 17.1 Å². The summed E-state index contributed by atoms with van der Waals surface area (Å²) < 4.78 is 35.5. The minimum Gasteiger partial charge on any atom is -0.480 e. The SMILES string of the molecule is CC[C@H](COS(C)(=O)=O)n1cc(C)c2nc(-c3ccc(C(C)C)nc3OC)c(C)nc21. The molecule has 0 unspecified atom stereocenters. The van der Waals surface area contributed by atoms with Gasteiger partial charge in [0.05, 0.1) is 43.0 Å². The maximum atomic E-state index is 11.5. The van der Waals surface area contributed by atoms with Crippen LogP contribution in [0, 0.1) is 13.8 Å². The standard InChI is InChI=1S/C22H30N4O4S/c1-8-16(12-30-31(7,27)28)26-11-14(4)19-21(26)23-15(5)20(25-19)17-9-10-18(13(2)3)24-22(17)29-6/h9-11,13,16H,8,12H2,1-7H3/t16-/m1/s1. The van der Waals surface area contributed by atoms with Crippen LogP contribution in [0.25, 0.3) is 22.4 Å². The molecule has 3 aromatic rings. The Morgan fingerprint density at radius 3 is 2.42 bits per heavy atom. The second kappa shape index (κ2) is 8.92. The lowest BCUT2D eigenvalue weighted by molar-refractivity contribution is 0.255. The summed E-state index contributed by atoms with van der Waals surface area (Å²) in [5, 5.41) is 0. The minimum atomic E-state index is -3.52. The van der Waals surface area contributed by atoms with Gasteiger partial charge in [0.15, 0.2) is 5.65 Å². The summed E-state index contributed by atoms with van der Waals surface area (Å²) in [7, 11) is -1.92. The van der Waals surface area contributed by atoms with Gasteiger partial charge in [0.1, 0.15) is 5.52 Å². The highest BCUT2D eigenvalue weighted by molar-refractivity contribution is 7.85. The van der Waals surface area contributed by atoms with E-state index in [1.807, 2.05) is 43.7 Å². The maximum absolute atomic E-state index is 11.5. The smallest absolute Gasteiger partial charge is 0.264 e. The Hall–Kier alpha value is -2.52. The van der Waals surface area contributed by atoms with Crippen molar-refractivity contribution in [2.24, 2.45) is 0 Å². The second-order valence-electron chi connectivity index (χ2n) is 8.05. The first-order chi connectivity index (χ1) is 14.6. The first kappa shape index (κ1) is 23.1. The summed E-state index contributed by atoms with van der Waals surface area (Å²) in [6.07, 6.45) is 3.70. The Bertz CT molecular complexity index is 1200. The van der Waals surface area contributed by atoms with Gasteiger partial charge in [-0.3, -0.25) is 4.18 Å². The van der Waals surface area contributed by atoms with Gasteiger partial charge in [-0.25, -0.2) is 15.0 Å². The van der Waals surface area contributed by atoms with Crippen LogP contribution in [0.5, 0.6) is 5.88 Å². The number of aromatic nitrogens is 4. The van der Waals surface area contributed by atoms with Gasteiger partial charge in [0, 0.05) is 11.9 Å². The third-order valence-electron chi connectivity index (χ3n) is 5.26. The van der Waals surface area contributed by atoms with E-state index in [9.17, 15) is 8.42 Å². The van der Waals surface area contributed by atoms with Crippen molar-refractivity contribution >= 4 is 21.3 Å². The molecule has 9 heteroatoms. The Labute approximate surface area is 183 Å². The van der Waals surface area contributed by atoms with E-state index in [4.69, 9.17) is 18.9 Å². The maximum Gasteiger partial charge on any atom is 0.264 e. The third-order valence-corrected chi connectivity index (χ3v) is 5.83. The van der Waals surface area contributed by atoms with E-state index in [-0.39, 0.29) is 18.6 Å². The molecule has 0 saturated heterocycles. The Kier molecular flexibility index (Phi) is 6.66. The van der Waals surface area contributed by atoms with Crippen molar-refractivity contribution in [3.63, 3.8) is 0 Å². The average molecular weight is 447 g/mol. The molecule has 8 nitrogen and oxygen atoms in total. The van der Waals surface area contributed by atoms with Gasteiger partial charge in [-0.15, -0.1) is 0 Å². The predicted molar refractivity (Wildman–Crippen MR) is 121 cm³/mol. The van der Waals surface area contributed by atoms with Crippen LogP contribution in [0.3, 0.4) is 0 Å². The van der Waals surface area contributed by atoms with Crippen molar-refractivity contribution in [1.29, 1.82) is 0 Å². The van der Waals surface area contributed by atoms with Crippen molar-refractivity contribution < 1.29 is 17.3 Å². The number of aryl methyl sites for hydroxylation is 2. The molecule has 31 heavy (non-hydrogen) atoms. The third kappa shape index (κ3) is 4.88. The van der Waals surface area contributed by atoms with Crippen LogP contribution in [0.15, 0.2) is 18.3 Å². The van der Waals surface area contributed by atoms with Crippen LogP contribution in [-0.4, -0.2) is 47.9 Å². The van der Waals surface area contributed by atoms with Crippen LogP contribution in [-0.2, 0) is 14.3 Å². The molecule has 0 bridgehead atoms. The summed E-state index contributed by atoms with van der Waals surface area (Å²) in [5.74, 6) is 0.807. The molecule has 0 aliphatic heterocycles. The van der Waals surface area contributed by atoms with Gasteiger partial charge in [0.2, 0.25) is 5.88 Å². The Balaban J connectivity index is 2.11. The summed E-state index contributed by atoms with van der Waals surface area (Å²) in [5.41, 5.74) is 5.61. The predicted octanol–water partition coefficient (Wildman–Crippen LogP) is 4.17. The highest BCUT2D eigenvalue weighted by atomic mass is 32.2. The number of pyridine rings is 1. The average Bonchev–Trinajstić information content (AvgIpc) is 3.02. The van der Waals surface area contributed by atoms with Gasteiger partial charge >= 0.3 is 0 Å². The molecule has 0 N–H and O–H groups in total. The van der Waals surface area contributed by atoms with E-state index in [1.165, 1.54) is 0 Å². The molecule has 0 radical (unpaired) electrons. The Morgan fingerprint density at radius 2 is 1.84 bits per heavy atom. The fourth-order valence-electron chi connectivity index (χ4n) is 3.53. The molecule has 1 atom stereocenters. The molecular weight excluding hydrogens is 416 g/mol. The van der Waals surface area contributed by atoms with Gasteiger partial charge < -0.3 is 9.30 Å². The van der Waals surface area contributed by atoms with E-state index in [1.54, 1.807) is 7.11 Å². The van der Waals surface area contributed by atoms with Gasteiger partial charge in [-0.1, -0.05) is 20.8 Å². The van der Waals surface area contributed by atoms with Crippen LogP contribution >= 0.6 is 0 Å². The zero-order chi connectivity index (χ0) is 22.9. The first-order valence-corrected chi connectivity index (χ1v) is 12.1. The van der Waals surface area contributed by atoms with E-state index in [0.717, 1.165) is 34.3 Å². The van der Waals surface area contributed by atoms with Crippen molar-refractivity contribution in [3.05, 3.63) is 35.3 Å². The van der Waals surface area contributed by atoms with Gasteiger partial charge in [0.25, 0.3) is 10.1 Å². The van der Waals surface area contributed by atoms with E-state index in [0.29, 0.717) is 23.6 Å². The normalized spacial score (nSPS) is 13.2. The lowest BCUT2D eigenvalue weighted by Gasteiger charge is -2.18. The molecule has 3 aromatic heterocycles. The molecule has 0 aromatic carbocycles. The van der Waals surface area contributed by atoms with Crippen LogP contribution in [0.2, 0.25) is 0 Å². The second-order valence-corrected chi connectivity index (χ2v) is 9.69. The number of methoxy groups -OCH3 is 1. The number of ether oxygens (including phenoxy) is 1. The fourth-order valence-corrected chi connectivity index (χ4v) is 3.93. The lowest BCUT2D eigenvalue weighted by Crippen LogP contribution is -2.17. The lowest BCUT2D eigenvalue weighted by atomic mass is 10.1. The molecule has 168 valence electrons. The van der Waals surface area contributed by atoms with Crippen molar-refractivity contribution in [2.45, 2.75) is 53.0 Å². The summed E-state index contributed by atoms with van der Waals surface area (Å²) >= 11 is 0. The topological polar surface area (TPSA) is 96.2 Å². The van der Waals surface area contributed by atoms with Crippen LogP contribution in [0.1, 0.15) is 56.1 Å². The number of rotatable bonds is 8. The van der Waals surface area contributed by atoms with Crippen molar-refractivity contribution in [1.82, 2.24) is 19.5 Å². The molecular formula is C22H30N4O4S. The first-order valence-electron chi connectivity index (χ1n) is 10.3. The molecule has 0 aliphatic rings. The van der Waals surface area contributed by atoms with E-state index >= 15 is 0 Å². The summed E-state index contributed by atoms with van der Waals surface area (Å²) in [6, 6.07) is 3.79. The zero-order valence-electron chi connectivity index (χ0n) is 19.1. The van der Waals surface area contributed by atoms with Crippen LogP contribution in [0.4, 0.5) is 0 Å². The Morgan fingerprint density at radius 1 is 1.13 bits per heavy atom. The number of hydrogen-bond donors (Lipinski definition) is 0. The molecule has 0 amide bonds. The van der Waals surface area contributed by atoms with Crippen molar-refractivity contribution in [2.75, 3.05) is 20.0 Å². The summed E-state index contributed by atoms with van der Waals surface area (Å²) in [4.78, 5) is 14.4. The number of hydrogen-bond acceptors (Lipinski definition) is 7. The quantitative estimate of drug-likeness (QED) is 0.479. The van der Waals surface area contributed by atoms with E-state index in [2.05, 4.69) is 18.8 Å².